The molecule has 0 aliphatic heterocycles. The Hall–Kier alpha value is -2.29. The third-order valence-electron chi connectivity index (χ3n) is 3.03. The number of alkyl carbamates (subject to hydrolysis) is 1. The SMILES string of the molecule is CC(C)(C)OC(=O)OC(=O)OC(C)(C)C.C[C@@H](NC(=O)OC(C)(C)C)c1cccc(Br)c1. The monoisotopic (exact) mass is 517 g/mol. The van der Waals surface area contributed by atoms with Crippen LogP contribution in [0.2, 0.25) is 0 Å². The van der Waals surface area contributed by atoms with E-state index in [2.05, 4.69) is 26.0 Å². The van der Waals surface area contributed by atoms with Crippen molar-refractivity contribution in [3.63, 3.8) is 0 Å². The van der Waals surface area contributed by atoms with Gasteiger partial charge < -0.3 is 24.3 Å². The number of carbonyl (C=O) groups is 3. The van der Waals surface area contributed by atoms with Crippen molar-refractivity contribution in [2.75, 3.05) is 0 Å². The Morgan fingerprint density at radius 3 is 1.62 bits per heavy atom. The molecule has 0 bridgehead atoms. The first kappa shape index (κ1) is 29.7. The first-order valence-electron chi connectivity index (χ1n) is 10.2. The maximum Gasteiger partial charge on any atom is 0.519 e. The van der Waals surface area contributed by atoms with Crippen molar-refractivity contribution in [2.45, 2.75) is 92.1 Å². The minimum absolute atomic E-state index is 0.0812. The minimum atomic E-state index is -1.06. The van der Waals surface area contributed by atoms with Crippen molar-refractivity contribution in [1.82, 2.24) is 5.32 Å². The Morgan fingerprint density at radius 2 is 1.25 bits per heavy atom. The summed E-state index contributed by atoms with van der Waals surface area (Å²) in [6.07, 6.45) is -2.52. The van der Waals surface area contributed by atoms with Gasteiger partial charge in [0.2, 0.25) is 0 Å². The molecular formula is C23H36BrNO7. The van der Waals surface area contributed by atoms with Crippen LogP contribution in [0, 0.1) is 0 Å². The second-order valence-electron chi connectivity index (χ2n) is 9.95. The van der Waals surface area contributed by atoms with E-state index in [1.807, 2.05) is 52.0 Å². The van der Waals surface area contributed by atoms with Crippen molar-refractivity contribution in [3.8, 4) is 0 Å². The number of benzene rings is 1. The molecule has 0 unspecified atom stereocenters. The molecule has 0 radical (unpaired) electrons. The first-order valence-corrected chi connectivity index (χ1v) is 11.0. The molecule has 0 aliphatic carbocycles. The van der Waals surface area contributed by atoms with Gasteiger partial charge in [0.1, 0.15) is 16.8 Å². The number of amides is 1. The Kier molecular flexibility index (Phi) is 11.2. The molecule has 0 fully saturated rings. The average molecular weight is 518 g/mol. The predicted molar refractivity (Wildman–Crippen MR) is 125 cm³/mol. The summed E-state index contributed by atoms with van der Waals surface area (Å²) >= 11 is 3.40. The molecule has 0 saturated heterocycles. The van der Waals surface area contributed by atoms with Crippen LogP contribution in [0.5, 0.6) is 0 Å². The van der Waals surface area contributed by atoms with Crippen LogP contribution < -0.4 is 5.32 Å². The van der Waals surface area contributed by atoms with E-state index in [9.17, 15) is 14.4 Å². The summed E-state index contributed by atoms with van der Waals surface area (Å²) in [5.41, 5.74) is -0.829. The van der Waals surface area contributed by atoms with Crippen molar-refractivity contribution in [2.24, 2.45) is 0 Å². The lowest BCUT2D eigenvalue weighted by atomic mass is 10.1. The molecule has 1 rings (SSSR count). The van der Waals surface area contributed by atoms with Crippen LogP contribution in [0.15, 0.2) is 28.7 Å². The summed E-state index contributed by atoms with van der Waals surface area (Å²) in [4.78, 5) is 33.6. The van der Waals surface area contributed by atoms with Gasteiger partial charge in [-0.2, -0.15) is 0 Å². The molecule has 8 nitrogen and oxygen atoms in total. The standard InChI is InChI=1S/C13H18BrNO2.C10H18O5/c1-9(10-6-5-7-11(14)8-10)15-12(16)17-13(2,3)4;1-9(2,3)14-7(11)13-8(12)15-10(4,5)6/h5-9H,1-4H3,(H,15,16);1-6H3/t9-;/m1./s1. The molecule has 1 aromatic carbocycles. The summed E-state index contributed by atoms with van der Waals surface area (Å²) in [6.45, 7) is 17.5. The fourth-order valence-electron chi connectivity index (χ4n) is 1.95. The summed E-state index contributed by atoms with van der Waals surface area (Å²) in [7, 11) is 0. The van der Waals surface area contributed by atoms with E-state index in [0.29, 0.717) is 0 Å². The van der Waals surface area contributed by atoms with E-state index in [1.54, 1.807) is 41.5 Å². The zero-order valence-electron chi connectivity index (χ0n) is 20.6. The fourth-order valence-corrected chi connectivity index (χ4v) is 2.37. The number of halogens is 1. The number of ether oxygens (including phenoxy) is 4. The quantitative estimate of drug-likeness (QED) is 0.258. The van der Waals surface area contributed by atoms with E-state index in [1.165, 1.54) is 0 Å². The van der Waals surface area contributed by atoms with Crippen LogP contribution in [-0.4, -0.2) is 35.2 Å². The molecule has 0 heterocycles. The van der Waals surface area contributed by atoms with E-state index in [0.717, 1.165) is 10.0 Å². The van der Waals surface area contributed by atoms with Gasteiger partial charge in [0.05, 0.1) is 6.04 Å². The zero-order valence-corrected chi connectivity index (χ0v) is 22.2. The van der Waals surface area contributed by atoms with Gasteiger partial charge in [0.25, 0.3) is 0 Å². The topological polar surface area (TPSA) is 100 Å². The molecule has 32 heavy (non-hydrogen) atoms. The Balaban J connectivity index is 0.000000607. The summed E-state index contributed by atoms with van der Waals surface area (Å²) in [5, 5.41) is 2.80. The number of carbonyl (C=O) groups excluding carboxylic acids is 3. The molecule has 0 aromatic heterocycles. The largest absolute Gasteiger partial charge is 0.519 e. The van der Waals surface area contributed by atoms with Crippen molar-refractivity contribution < 1.29 is 33.3 Å². The van der Waals surface area contributed by atoms with Crippen LogP contribution >= 0.6 is 15.9 Å². The van der Waals surface area contributed by atoms with E-state index in [-0.39, 0.29) is 6.04 Å². The van der Waals surface area contributed by atoms with Gasteiger partial charge >= 0.3 is 18.4 Å². The van der Waals surface area contributed by atoms with Gasteiger partial charge in [-0.15, -0.1) is 0 Å². The van der Waals surface area contributed by atoms with Gasteiger partial charge in [-0.3, -0.25) is 0 Å². The summed E-state index contributed by atoms with van der Waals surface area (Å²) in [5.74, 6) is 0. The molecule has 1 amide bonds. The molecule has 0 aliphatic rings. The average Bonchev–Trinajstić information content (AvgIpc) is 2.49. The number of nitrogens with one attached hydrogen (secondary N) is 1. The molecule has 0 saturated carbocycles. The molecule has 1 aromatic rings. The van der Waals surface area contributed by atoms with Crippen LogP contribution in [-0.2, 0) is 18.9 Å². The van der Waals surface area contributed by atoms with Crippen LogP contribution in [0.1, 0.15) is 80.8 Å². The second kappa shape index (κ2) is 12.1. The fraction of sp³-hybridized carbons (Fsp3) is 0.609. The normalized spacial score (nSPS) is 12.5. The molecule has 9 heteroatoms. The van der Waals surface area contributed by atoms with Crippen LogP contribution in [0.3, 0.4) is 0 Å². The van der Waals surface area contributed by atoms with Crippen molar-refractivity contribution in [1.29, 1.82) is 0 Å². The second-order valence-corrected chi connectivity index (χ2v) is 10.9. The maximum absolute atomic E-state index is 11.6. The Labute approximate surface area is 199 Å². The van der Waals surface area contributed by atoms with Gasteiger partial charge in [0.15, 0.2) is 0 Å². The smallest absolute Gasteiger partial charge is 0.444 e. The summed E-state index contributed by atoms with van der Waals surface area (Å²) in [6, 6.07) is 7.74. The minimum Gasteiger partial charge on any atom is -0.444 e. The molecule has 182 valence electrons. The third-order valence-corrected chi connectivity index (χ3v) is 3.52. The van der Waals surface area contributed by atoms with E-state index < -0.39 is 35.2 Å². The summed E-state index contributed by atoms with van der Waals surface area (Å²) < 4.78 is 20.0. The van der Waals surface area contributed by atoms with E-state index in [4.69, 9.17) is 14.2 Å². The van der Waals surface area contributed by atoms with Crippen molar-refractivity contribution in [3.05, 3.63) is 34.3 Å². The van der Waals surface area contributed by atoms with Gasteiger partial charge in [-0.05, 0) is 86.9 Å². The third kappa shape index (κ3) is 16.4. The lowest BCUT2D eigenvalue weighted by Gasteiger charge is -2.22. The van der Waals surface area contributed by atoms with Gasteiger partial charge in [-0.25, -0.2) is 14.4 Å². The van der Waals surface area contributed by atoms with Crippen LogP contribution in [0.4, 0.5) is 14.4 Å². The zero-order chi connectivity index (χ0) is 25.3. The first-order chi connectivity index (χ1) is 14.3. The molecular weight excluding hydrogens is 482 g/mol. The Bertz CT molecular complexity index is 748. The highest BCUT2D eigenvalue weighted by Gasteiger charge is 2.24. The van der Waals surface area contributed by atoms with Crippen LogP contribution in [0.25, 0.3) is 0 Å². The molecule has 1 N–H and O–H groups in total. The lowest BCUT2D eigenvalue weighted by Crippen LogP contribution is -2.34. The van der Waals surface area contributed by atoms with Gasteiger partial charge in [-0.1, -0.05) is 28.1 Å². The highest BCUT2D eigenvalue weighted by atomic mass is 79.9. The van der Waals surface area contributed by atoms with E-state index >= 15 is 0 Å². The highest BCUT2D eigenvalue weighted by Crippen LogP contribution is 2.18. The highest BCUT2D eigenvalue weighted by molar-refractivity contribution is 9.10. The Morgan fingerprint density at radius 1 is 0.812 bits per heavy atom. The maximum atomic E-state index is 11.6. The molecule has 0 spiro atoms. The van der Waals surface area contributed by atoms with Gasteiger partial charge in [0, 0.05) is 4.47 Å². The predicted octanol–water partition coefficient (Wildman–Crippen LogP) is 6.91. The lowest BCUT2D eigenvalue weighted by molar-refractivity contribution is -0.0294. The number of hydrogen-bond donors (Lipinski definition) is 1. The molecule has 1 atom stereocenters. The number of rotatable bonds is 2. The van der Waals surface area contributed by atoms with Crippen molar-refractivity contribution >= 4 is 34.3 Å². The number of hydrogen-bond acceptors (Lipinski definition) is 7.